The summed E-state index contributed by atoms with van der Waals surface area (Å²) in [6, 6.07) is 5.72. The largest absolute Gasteiger partial charge is 0.496 e. The van der Waals surface area contributed by atoms with Gasteiger partial charge in [0, 0.05) is 25.9 Å². The van der Waals surface area contributed by atoms with Crippen molar-refractivity contribution in [3.8, 4) is 5.75 Å². The average molecular weight is 276 g/mol. The van der Waals surface area contributed by atoms with Crippen LogP contribution in [-0.2, 0) is 10.3 Å². The molecule has 1 aromatic rings. The summed E-state index contributed by atoms with van der Waals surface area (Å²) in [6.45, 7) is 5.05. The molecule has 0 saturated carbocycles. The van der Waals surface area contributed by atoms with Gasteiger partial charge in [-0.25, -0.2) is 4.79 Å². The summed E-state index contributed by atoms with van der Waals surface area (Å²) < 4.78 is 11.2. The predicted octanol–water partition coefficient (Wildman–Crippen LogP) is 2.57. The van der Waals surface area contributed by atoms with Crippen LogP contribution < -0.4 is 10.1 Å². The van der Waals surface area contributed by atoms with Crippen LogP contribution in [0.5, 0.6) is 5.75 Å². The maximum atomic E-state index is 11.9. The number of ether oxygens (including phenoxy) is 2. The van der Waals surface area contributed by atoms with E-state index < -0.39 is 5.60 Å². The summed E-state index contributed by atoms with van der Waals surface area (Å²) >= 11 is 0. The number of nitrogens with zero attached hydrogens (tertiary/aromatic N) is 1. The molecule has 0 atom stereocenters. The number of methoxy groups -OCH3 is 1. The van der Waals surface area contributed by atoms with Gasteiger partial charge in [-0.15, -0.1) is 0 Å². The van der Waals surface area contributed by atoms with E-state index >= 15 is 0 Å². The van der Waals surface area contributed by atoms with Crippen LogP contribution in [0.25, 0.3) is 0 Å². The molecule has 1 fully saturated rings. The Morgan fingerprint density at radius 1 is 1.40 bits per heavy atom. The molecule has 1 saturated heterocycles. The Kier molecular flexibility index (Phi) is 3.30. The fourth-order valence-corrected chi connectivity index (χ4v) is 3.22. The van der Waals surface area contributed by atoms with Crippen LogP contribution in [0.1, 0.15) is 25.3 Å². The van der Waals surface area contributed by atoms with Crippen LogP contribution in [0.4, 0.5) is 10.5 Å². The van der Waals surface area contributed by atoms with Crippen LogP contribution in [0.3, 0.4) is 0 Å². The zero-order chi connectivity index (χ0) is 14.2. The molecule has 3 rings (SSSR count). The Morgan fingerprint density at radius 2 is 2.15 bits per heavy atom. The third kappa shape index (κ3) is 2.02. The lowest BCUT2D eigenvalue weighted by Gasteiger charge is -2.44. The van der Waals surface area contributed by atoms with Crippen molar-refractivity contribution in [2.75, 3.05) is 32.1 Å². The van der Waals surface area contributed by atoms with Gasteiger partial charge in [-0.2, -0.15) is 0 Å². The molecule has 108 valence electrons. The van der Waals surface area contributed by atoms with Gasteiger partial charge in [-0.3, -0.25) is 5.32 Å². The first-order chi connectivity index (χ1) is 9.68. The third-order valence-corrected chi connectivity index (χ3v) is 4.34. The zero-order valence-electron chi connectivity index (χ0n) is 11.9. The standard InChI is InChI=1S/C15H20N2O3/c1-3-17-9-7-15(8-10-17)13-11(16-14(18)20-15)5-4-6-12(13)19-2/h4-6H,3,7-10H2,1-2H3,(H,16,18). The average Bonchev–Trinajstić information content (AvgIpc) is 2.47. The van der Waals surface area contributed by atoms with Crippen molar-refractivity contribution in [1.82, 2.24) is 4.90 Å². The molecule has 5 heteroatoms. The van der Waals surface area contributed by atoms with E-state index in [9.17, 15) is 4.79 Å². The van der Waals surface area contributed by atoms with Crippen LogP contribution in [-0.4, -0.2) is 37.7 Å². The number of hydrogen-bond acceptors (Lipinski definition) is 4. The van der Waals surface area contributed by atoms with E-state index in [4.69, 9.17) is 9.47 Å². The summed E-state index contributed by atoms with van der Waals surface area (Å²) in [5.41, 5.74) is 1.25. The highest BCUT2D eigenvalue weighted by molar-refractivity contribution is 5.89. The molecule has 20 heavy (non-hydrogen) atoms. The normalized spacial score (nSPS) is 21.0. The van der Waals surface area contributed by atoms with E-state index in [0.717, 1.165) is 49.5 Å². The second-order valence-electron chi connectivity index (χ2n) is 5.33. The second kappa shape index (κ2) is 4.98. The van der Waals surface area contributed by atoms with Gasteiger partial charge in [0.05, 0.1) is 18.4 Å². The van der Waals surface area contributed by atoms with Crippen molar-refractivity contribution in [3.63, 3.8) is 0 Å². The Morgan fingerprint density at radius 3 is 2.80 bits per heavy atom. The Labute approximate surface area is 118 Å². The Balaban J connectivity index is 2.03. The molecule has 2 aliphatic rings. The molecule has 1 amide bonds. The number of amides is 1. The summed E-state index contributed by atoms with van der Waals surface area (Å²) in [5.74, 6) is 0.785. The Bertz CT molecular complexity index is 522. The first kappa shape index (κ1) is 13.2. The van der Waals surface area contributed by atoms with Crippen molar-refractivity contribution in [1.29, 1.82) is 0 Å². The fraction of sp³-hybridized carbons (Fsp3) is 0.533. The summed E-state index contributed by atoms with van der Waals surface area (Å²) in [7, 11) is 1.65. The van der Waals surface area contributed by atoms with Gasteiger partial charge in [0.25, 0.3) is 0 Å². The van der Waals surface area contributed by atoms with Crippen LogP contribution >= 0.6 is 0 Å². The molecule has 2 heterocycles. The van der Waals surface area contributed by atoms with Gasteiger partial charge < -0.3 is 14.4 Å². The van der Waals surface area contributed by atoms with E-state index in [2.05, 4.69) is 17.1 Å². The van der Waals surface area contributed by atoms with E-state index in [1.54, 1.807) is 7.11 Å². The van der Waals surface area contributed by atoms with Crippen LogP contribution in [0, 0.1) is 0 Å². The fourth-order valence-electron chi connectivity index (χ4n) is 3.22. The van der Waals surface area contributed by atoms with E-state index in [-0.39, 0.29) is 6.09 Å². The van der Waals surface area contributed by atoms with E-state index in [0.29, 0.717) is 0 Å². The topological polar surface area (TPSA) is 50.8 Å². The molecule has 0 aliphatic carbocycles. The van der Waals surface area contributed by atoms with Gasteiger partial charge >= 0.3 is 6.09 Å². The molecule has 0 aromatic heterocycles. The van der Waals surface area contributed by atoms with Crippen molar-refractivity contribution in [3.05, 3.63) is 23.8 Å². The lowest BCUT2D eigenvalue weighted by molar-refractivity contribution is -0.0382. The highest BCUT2D eigenvalue weighted by Crippen LogP contribution is 2.47. The maximum Gasteiger partial charge on any atom is 0.412 e. The maximum absolute atomic E-state index is 11.9. The highest BCUT2D eigenvalue weighted by atomic mass is 16.6. The number of nitrogens with one attached hydrogen (secondary N) is 1. The lowest BCUT2D eigenvalue weighted by atomic mass is 9.81. The molecule has 0 radical (unpaired) electrons. The quantitative estimate of drug-likeness (QED) is 0.902. The number of carbonyl (C=O) groups is 1. The highest BCUT2D eigenvalue weighted by Gasteiger charge is 2.46. The van der Waals surface area contributed by atoms with Crippen molar-refractivity contribution >= 4 is 11.8 Å². The molecule has 5 nitrogen and oxygen atoms in total. The van der Waals surface area contributed by atoms with Crippen LogP contribution in [0.15, 0.2) is 18.2 Å². The van der Waals surface area contributed by atoms with Gasteiger partial charge in [0.1, 0.15) is 11.4 Å². The van der Waals surface area contributed by atoms with Gasteiger partial charge in [-0.1, -0.05) is 13.0 Å². The number of anilines is 1. The summed E-state index contributed by atoms with van der Waals surface area (Å²) in [5, 5.41) is 2.78. The van der Waals surface area contributed by atoms with Gasteiger partial charge in [0.2, 0.25) is 0 Å². The minimum absolute atomic E-state index is 0.365. The number of carbonyl (C=O) groups excluding carboxylic acids is 1. The summed E-state index contributed by atoms with van der Waals surface area (Å²) in [4.78, 5) is 14.2. The van der Waals surface area contributed by atoms with Crippen molar-refractivity contribution in [2.24, 2.45) is 0 Å². The lowest BCUT2D eigenvalue weighted by Crippen LogP contribution is -2.48. The van der Waals surface area contributed by atoms with E-state index in [1.165, 1.54) is 0 Å². The number of likely N-dealkylation sites (tertiary alicyclic amines) is 1. The minimum Gasteiger partial charge on any atom is -0.496 e. The summed E-state index contributed by atoms with van der Waals surface area (Å²) in [6.07, 6.45) is 1.25. The van der Waals surface area contributed by atoms with Gasteiger partial charge in [-0.05, 0) is 18.7 Å². The molecule has 2 aliphatic heterocycles. The third-order valence-electron chi connectivity index (χ3n) is 4.34. The molecule has 1 N–H and O–H groups in total. The molecular formula is C15H20N2O3. The molecule has 0 bridgehead atoms. The number of rotatable bonds is 2. The minimum atomic E-state index is -0.546. The smallest absolute Gasteiger partial charge is 0.412 e. The first-order valence-electron chi connectivity index (χ1n) is 7.08. The molecule has 1 aromatic carbocycles. The zero-order valence-corrected chi connectivity index (χ0v) is 11.9. The molecule has 1 spiro atoms. The monoisotopic (exact) mass is 276 g/mol. The SMILES string of the molecule is CCN1CCC2(CC1)OC(=O)Nc1cccc(OC)c12. The van der Waals surface area contributed by atoms with E-state index in [1.807, 2.05) is 18.2 Å². The Hall–Kier alpha value is -1.75. The molecular weight excluding hydrogens is 256 g/mol. The second-order valence-corrected chi connectivity index (χ2v) is 5.33. The van der Waals surface area contributed by atoms with Crippen LogP contribution in [0.2, 0.25) is 0 Å². The van der Waals surface area contributed by atoms with Crippen molar-refractivity contribution in [2.45, 2.75) is 25.4 Å². The number of benzene rings is 1. The van der Waals surface area contributed by atoms with Gasteiger partial charge in [0.15, 0.2) is 0 Å². The number of hydrogen-bond donors (Lipinski definition) is 1. The van der Waals surface area contributed by atoms with Crippen molar-refractivity contribution < 1.29 is 14.3 Å². The molecule has 0 unspecified atom stereocenters. The predicted molar refractivity (Wildman–Crippen MR) is 76.1 cm³/mol. The number of piperidine rings is 1. The number of fused-ring (bicyclic) bond motifs is 2. The first-order valence-corrected chi connectivity index (χ1v) is 7.08.